The van der Waals surface area contributed by atoms with Gasteiger partial charge in [0, 0.05) is 6.20 Å². The van der Waals surface area contributed by atoms with E-state index < -0.39 is 11.7 Å². The lowest BCUT2D eigenvalue weighted by Gasteiger charge is -2.16. The zero-order chi connectivity index (χ0) is 14.1. The third kappa shape index (κ3) is 1.99. The first-order chi connectivity index (χ1) is 9.70. The Kier molecular flexibility index (Phi) is 3.06. The Morgan fingerprint density at radius 3 is 2.70 bits per heavy atom. The van der Waals surface area contributed by atoms with Gasteiger partial charge >= 0.3 is 0 Å². The number of hydrogen-bond acceptors (Lipinski definition) is 3. The molecular formula is C16H14N2O2. The molecule has 0 spiro atoms. The summed E-state index contributed by atoms with van der Waals surface area (Å²) in [7, 11) is 0. The molecule has 1 aliphatic rings. The standard InChI is InChI=1S/C16H14N2O2/c1-2-11-6-7-14-13(9-11)15(19)16(20)18(14)10-12-5-3-4-8-17-12/h3-9H,2,10H2,1H3. The Bertz CT molecular complexity index is 680. The molecule has 2 aromatic rings. The van der Waals surface area contributed by atoms with Gasteiger partial charge < -0.3 is 0 Å². The number of anilines is 1. The molecule has 3 rings (SSSR count). The van der Waals surface area contributed by atoms with Crippen molar-refractivity contribution in [2.45, 2.75) is 19.9 Å². The molecule has 2 heterocycles. The minimum atomic E-state index is -0.473. The van der Waals surface area contributed by atoms with Gasteiger partial charge in [-0.05, 0) is 36.2 Å². The minimum Gasteiger partial charge on any atom is -0.299 e. The van der Waals surface area contributed by atoms with Crippen molar-refractivity contribution in [3.63, 3.8) is 0 Å². The lowest BCUT2D eigenvalue weighted by atomic mass is 10.1. The van der Waals surface area contributed by atoms with Crippen molar-refractivity contribution in [3.05, 3.63) is 59.4 Å². The van der Waals surface area contributed by atoms with Gasteiger partial charge in [-0.2, -0.15) is 0 Å². The summed E-state index contributed by atoms with van der Waals surface area (Å²) in [6, 6.07) is 11.1. The molecule has 1 aliphatic heterocycles. The number of fused-ring (bicyclic) bond motifs is 1. The predicted molar refractivity (Wildman–Crippen MR) is 75.6 cm³/mol. The van der Waals surface area contributed by atoms with Crippen LogP contribution < -0.4 is 4.90 Å². The Balaban J connectivity index is 1.98. The van der Waals surface area contributed by atoms with Gasteiger partial charge in [0.25, 0.3) is 11.7 Å². The molecule has 1 aromatic carbocycles. The largest absolute Gasteiger partial charge is 0.299 e. The van der Waals surface area contributed by atoms with Crippen LogP contribution in [-0.2, 0) is 17.8 Å². The average molecular weight is 266 g/mol. The van der Waals surface area contributed by atoms with Crippen molar-refractivity contribution in [1.82, 2.24) is 4.98 Å². The second-order valence-electron chi connectivity index (χ2n) is 4.75. The van der Waals surface area contributed by atoms with Crippen LogP contribution in [0.1, 0.15) is 28.5 Å². The summed E-state index contributed by atoms with van der Waals surface area (Å²) in [6.07, 6.45) is 2.52. The number of ketones is 1. The van der Waals surface area contributed by atoms with Crippen molar-refractivity contribution in [3.8, 4) is 0 Å². The number of Topliss-reactive ketones (excluding diaryl/α,β-unsaturated/α-hetero) is 1. The maximum atomic E-state index is 12.1. The van der Waals surface area contributed by atoms with Crippen LogP contribution in [0.5, 0.6) is 0 Å². The van der Waals surface area contributed by atoms with Gasteiger partial charge in [-0.1, -0.05) is 19.1 Å². The number of aryl methyl sites for hydroxylation is 1. The molecule has 0 atom stereocenters. The van der Waals surface area contributed by atoms with E-state index in [0.29, 0.717) is 17.8 Å². The fourth-order valence-corrected chi connectivity index (χ4v) is 2.38. The van der Waals surface area contributed by atoms with Gasteiger partial charge in [0.15, 0.2) is 0 Å². The van der Waals surface area contributed by atoms with Crippen LogP contribution in [0.25, 0.3) is 0 Å². The Hall–Kier alpha value is -2.49. The molecule has 0 radical (unpaired) electrons. The molecule has 0 aliphatic carbocycles. The molecule has 0 bridgehead atoms. The van der Waals surface area contributed by atoms with Gasteiger partial charge in [-0.15, -0.1) is 0 Å². The fourth-order valence-electron chi connectivity index (χ4n) is 2.38. The maximum absolute atomic E-state index is 12.1. The van der Waals surface area contributed by atoms with Gasteiger partial charge in [-0.25, -0.2) is 0 Å². The molecule has 0 saturated heterocycles. The summed E-state index contributed by atoms with van der Waals surface area (Å²) >= 11 is 0. The van der Waals surface area contributed by atoms with E-state index in [1.807, 2.05) is 43.3 Å². The van der Waals surface area contributed by atoms with Crippen molar-refractivity contribution in [1.29, 1.82) is 0 Å². The zero-order valence-electron chi connectivity index (χ0n) is 11.2. The summed E-state index contributed by atoms with van der Waals surface area (Å²) in [5.41, 5.74) is 3.01. The fraction of sp³-hybridized carbons (Fsp3) is 0.188. The van der Waals surface area contributed by atoms with E-state index in [1.54, 1.807) is 6.20 Å². The smallest absolute Gasteiger partial charge is 0.299 e. The van der Waals surface area contributed by atoms with Crippen LogP contribution >= 0.6 is 0 Å². The molecule has 0 unspecified atom stereocenters. The summed E-state index contributed by atoms with van der Waals surface area (Å²) in [4.78, 5) is 29.9. The van der Waals surface area contributed by atoms with Crippen molar-refractivity contribution in [2.24, 2.45) is 0 Å². The predicted octanol–water partition coefficient (Wildman–Crippen LogP) is 2.37. The number of aromatic nitrogens is 1. The summed E-state index contributed by atoms with van der Waals surface area (Å²) in [5, 5.41) is 0. The molecule has 1 aromatic heterocycles. The van der Waals surface area contributed by atoms with E-state index in [4.69, 9.17) is 0 Å². The van der Waals surface area contributed by atoms with E-state index >= 15 is 0 Å². The third-order valence-corrected chi connectivity index (χ3v) is 3.49. The Labute approximate surface area is 117 Å². The second-order valence-corrected chi connectivity index (χ2v) is 4.75. The number of rotatable bonds is 3. The summed E-state index contributed by atoms with van der Waals surface area (Å²) < 4.78 is 0. The summed E-state index contributed by atoms with van der Waals surface area (Å²) in [6.45, 7) is 2.35. The molecule has 20 heavy (non-hydrogen) atoms. The molecule has 4 nitrogen and oxygen atoms in total. The van der Waals surface area contributed by atoms with Crippen LogP contribution in [0.3, 0.4) is 0 Å². The number of pyridine rings is 1. The normalized spacial score (nSPS) is 13.8. The molecule has 1 amide bonds. The number of carbonyl (C=O) groups excluding carboxylic acids is 2. The van der Waals surface area contributed by atoms with E-state index in [1.165, 1.54) is 4.90 Å². The minimum absolute atomic E-state index is 0.323. The molecule has 0 fully saturated rings. The van der Waals surface area contributed by atoms with Gasteiger partial charge in [-0.3, -0.25) is 19.5 Å². The maximum Gasteiger partial charge on any atom is 0.299 e. The number of benzene rings is 1. The summed E-state index contributed by atoms with van der Waals surface area (Å²) in [5.74, 6) is -0.898. The lowest BCUT2D eigenvalue weighted by Crippen LogP contribution is -2.29. The number of nitrogens with zero attached hydrogens (tertiary/aromatic N) is 2. The SMILES string of the molecule is CCc1ccc2c(c1)C(=O)C(=O)N2Cc1ccccn1. The number of carbonyl (C=O) groups is 2. The highest BCUT2D eigenvalue weighted by atomic mass is 16.2. The highest BCUT2D eigenvalue weighted by Gasteiger charge is 2.35. The van der Waals surface area contributed by atoms with Gasteiger partial charge in [0.05, 0.1) is 23.5 Å². The van der Waals surface area contributed by atoms with Gasteiger partial charge in [0.1, 0.15) is 0 Å². The molecular weight excluding hydrogens is 252 g/mol. The van der Waals surface area contributed by atoms with E-state index in [0.717, 1.165) is 17.7 Å². The first-order valence-electron chi connectivity index (χ1n) is 6.59. The zero-order valence-corrected chi connectivity index (χ0v) is 11.2. The highest BCUT2D eigenvalue weighted by Crippen LogP contribution is 2.31. The second kappa shape index (κ2) is 4.89. The van der Waals surface area contributed by atoms with Crippen LogP contribution in [0, 0.1) is 0 Å². The van der Waals surface area contributed by atoms with Crippen molar-refractivity contribution < 1.29 is 9.59 Å². The highest BCUT2D eigenvalue weighted by molar-refractivity contribution is 6.52. The molecule has 0 saturated carbocycles. The molecule has 0 N–H and O–H groups in total. The first kappa shape index (κ1) is 12.5. The third-order valence-electron chi connectivity index (χ3n) is 3.49. The molecule has 4 heteroatoms. The van der Waals surface area contributed by atoms with Crippen LogP contribution in [0.2, 0.25) is 0 Å². The van der Waals surface area contributed by atoms with Crippen molar-refractivity contribution in [2.75, 3.05) is 4.90 Å². The number of hydrogen-bond donors (Lipinski definition) is 0. The Morgan fingerprint density at radius 1 is 1.15 bits per heavy atom. The first-order valence-corrected chi connectivity index (χ1v) is 6.59. The van der Waals surface area contributed by atoms with Crippen LogP contribution in [0.4, 0.5) is 5.69 Å². The van der Waals surface area contributed by atoms with Crippen LogP contribution in [0.15, 0.2) is 42.6 Å². The number of amides is 1. The quantitative estimate of drug-likeness (QED) is 0.801. The topological polar surface area (TPSA) is 50.3 Å². The van der Waals surface area contributed by atoms with E-state index in [9.17, 15) is 9.59 Å². The van der Waals surface area contributed by atoms with Crippen LogP contribution in [-0.4, -0.2) is 16.7 Å². The van der Waals surface area contributed by atoms with E-state index in [-0.39, 0.29) is 0 Å². The molecule has 100 valence electrons. The van der Waals surface area contributed by atoms with Crippen molar-refractivity contribution >= 4 is 17.4 Å². The average Bonchev–Trinajstić information content (AvgIpc) is 2.73. The monoisotopic (exact) mass is 266 g/mol. The lowest BCUT2D eigenvalue weighted by molar-refractivity contribution is -0.114. The Morgan fingerprint density at radius 2 is 2.00 bits per heavy atom. The van der Waals surface area contributed by atoms with Gasteiger partial charge in [0.2, 0.25) is 0 Å². The van der Waals surface area contributed by atoms with E-state index in [2.05, 4.69) is 4.98 Å².